The second-order valence-electron chi connectivity index (χ2n) is 6.79. The minimum atomic E-state index is 0.616. The maximum atomic E-state index is 4.69. The molecule has 0 saturated heterocycles. The van der Waals surface area contributed by atoms with Gasteiger partial charge in [-0.25, -0.2) is 15.0 Å². The number of pyridine rings is 4. The van der Waals surface area contributed by atoms with Crippen molar-refractivity contribution in [1.29, 1.82) is 0 Å². The highest BCUT2D eigenvalue weighted by molar-refractivity contribution is 5.95. The topological polar surface area (TPSA) is 109 Å². The average molecular weight is 390 g/mol. The molecule has 0 bridgehead atoms. The fourth-order valence-corrected chi connectivity index (χ4v) is 3.55. The Hall–Kier alpha value is -4.46. The van der Waals surface area contributed by atoms with Crippen molar-refractivity contribution in [2.45, 2.75) is 0 Å². The molecule has 0 radical (unpaired) electrons. The molecule has 8 heteroatoms. The van der Waals surface area contributed by atoms with Crippen molar-refractivity contribution in [2.75, 3.05) is 0 Å². The summed E-state index contributed by atoms with van der Waals surface area (Å²) in [7, 11) is 0. The summed E-state index contributed by atoms with van der Waals surface area (Å²) in [6.07, 6.45) is 8.87. The molecule has 30 heavy (non-hydrogen) atoms. The summed E-state index contributed by atoms with van der Waals surface area (Å²) in [5, 5.41) is 8.26. The van der Waals surface area contributed by atoms with E-state index in [-0.39, 0.29) is 0 Å². The van der Waals surface area contributed by atoms with Crippen LogP contribution in [0.4, 0.5) is 0 Å². The van der Waals surface area contributed by atoms with Crippen molar-refractivity contribution < 1.29 is 0 Å². The number of aromatic amines is 2. The zero-order chi connectivity index (χ0) is 19.9. The highest BCUT2D eigenvalue weighted by Crippen LogP contribution is 2.31. The summed E-state index contributed by atoms with van der Waals surface area (Å²) >= 11 is 0. The van der Waals surface area contributed by atoms with Gasteiger partial charge >= 0.3 is 0 Å². The average Bonchev–Trinajstić information content (AvgIpc) is 3.43. The number of nitrogens with zero attached hydrogens (tertiary/aromatic N) is 6. The Labute approximate surface area is 170 Å². The van der Waals surface area contributed by atoms with E-state index in [1.165, 1.54) is 0 Å². The van der Waals surface area contributed by atoms with Crippen molar-refractivity contribution in [1.82, 2.24) is 40.1 Å². The van der Waals surface area contributed by atoms with E-state index in [1.54, 1.807) is 24.8 Å². The predicted molar refractivity (Wildman–Crippen MR) is 113 cm³/mol. The quantitative estimate of drug-likeness (QED) is 0.472. The summed E-state index contributed by atoms with van der Waals surface area (Å²) in [5.41, 5.74) is 6.59. The summed E-state index contributed by atoms with van der Waals surface area (Å²) in [5.74, 6) is 0.649. The first-order chi connectivity index (χ1) is 14.9. The van der Waals surface area contributed by atoms with E-state index in [4.69, 9.17) is 4.98 Å². The third-order valence-electron chi connectivity index (χ3n) is 4.97. The number of rotatable bonds is 3. The lowest BCUT2D eigenvalue weighted by Crippen LogP contribution is -1.86. The number of fused-ring (bicyclic) bond motifs is 2. The molecule has 0 spiro atoms. The summed E-state index contributed by atoms with van der Waals surface area (Å²) in [6.45, 7) is 0. The first-order valence-corrected chi connectivity index (χ1v) is 9.38. The smallest absolute Gasteiger partial charge is 0.181 e. The van der Waals surface area contributed by atoms with Crippen LogP contribution in [0.5, 0.6) is 0 Å². The molecule has 0 aliphatic rings. The maximum absolute atomic E-state index is 4.69. The van der Waals surface area contributed by atoms with Crippen LogP contribution in [0.1, 0.15) is 0 Å². The van der Waals surface area contributed by atoms with Crippen molar-refractivity contribution in [2.24, 2.45) is 0 Å². The van der Waals surface area contributed by atoms with Gasteiger partial charge in [0.1, 0.15) is 5.69 Å². The van der Waals surface area contributed by atoms with Crippen LogP contribution in [0.3, 0.4) is 0 Å². The van der Waals surface area contributed by atoms with Crippen LogP contribution < -0.4 is 0 Å². The third-order valence-corrected chi connectivity index (χ3v) is 4.97. The van der Waals surface area contributed by atoms with Crippen molar-refractivity contribution in [3.63, 3.8) is 0 Å². The van der Waals surface area contributed by atoms with Gasteiger partial charge in [-0.05, 0) is 30.3 Å². The van der Waals surface area contributed by atoms with E-state index in [9.17, 15) is 0 Å². The fourth-order valence-electron chi connectivity index (χ4n) is 3.55. The Morgan fingerprint density at radius 1 is 0.767 bits per heavy atom. The molecule has 0 amide bonds. The standard InChI is InChI=1S/C22H14N8/c1-2-8-24-17(5-1)14-10-16-19(29-30-20(16)26-12-14)22-27-18-15(6-9-25-21(18)28-22)13-4-3-7-23-11-13/h1-12H,(H,25,27,28)(H,26,29,30). The second kappa shape index (κ2) is 6.56. The molecule has 0 saturated carbocycles. The van der Waals surface area contributed by atoms with Gasteiger partial charge in [0, 0.05) is 47.7 Å². The number of imidazole rings is 1. The molecular formula is C22H14N8. The van der Waals surface area contributed by atoms with E-state index in [0.29, 0.717) is 17.1 Å². The monoisotopic (exact) mass is 390 g/mol. The van der Waals surface area contributed by atoms with Gasteiger partial charge in [-0.15, -0.1) is 0 Å². The van der Waals surface area contributed by atoms with Gasteiger partial charge in [0.15, 0.2) is 17.1 Å². The molecule has 0 fully saturated rings. The SMILES string of the molecule is c1ccc(-c2cnc3n[nH]c(-c4nc5nccc(-c6cccnc6)c5[nH]4)c3c2)nc1. The lowest BCUT2D eigenvalue weighted by molar-refractivity contribution is 1.09. The maximum Gasteiger partial charge on any atom is 0.181 e. The molecule has 6 aromatic heterocycles. The number of hydrogen-bond donors (Lipinski definition) is 2. The zero-order valence-electron chi connectivity index (χ0n) is 15.6. The van der Waals surface area contributed by atoms with Crippen LogP contribution >= 0.6 is 0 Å². The molecule has 0 aliphatic carbocycles. The van der Waals surface area contributed by atoms with Gasteiger partial charge < -0.3 is 4.98 Å². The van der Waals surface area contributed by atoms with E-state index in [1.807, 2.05) is 48.7 Å². The molecule has 8 nitrogen and oxygen atoms in total. The molecule has 6 heterocycles. The van der Waals surface area contributed by atoms with Crippen LogP contribution in [0.2, 0.25) is 0 Å². The molecule has 142 valence electrons. The molecule has 2 N–H and O–H groups in total. The summed E-state index contributed by atoms with van der Waals surface area (Å²) in [6, 6.07) is 13.7. The van der Waals surface area contributed by atoms with Crippen LogP contribution in [-0.4, -0.2) is 40.1 Å². The highest BCUT2D eigenvalue weighted by Gasteiger charge is 2.16. The van der Waals surface area contributed by atoms with E-state index in [2.05, 4.69) is 35.1 Å². The normalized spacial score (nSPS) is 11.3. The van der Waals surface area contributed by atoms with E-state index in [0.717, 1.165) is 39.0 Å². The largest absolute Gasteiger partial charge is 0.335 e. The van der Waals surface area contributed by atoms with E-state index >= 15 is 0 Å². The van der Waals surface area contributed by atoms with Gasteiger partial charge in [-0.1, -0.05) is 12.1 Å². The van der Waals surface area contributed by atoms with E-state index < -0.39 is 0 Å². The first kappa shape index (κ1) is 16.5. The molecule has 0 unspecified atom stereocenters. The van der Waals surface area contributed by atoms with Gasteiger partial charge in [-0.2, -0.15) is 5.10 Å². The Morgan fingerprint density at radius 3 is 2.63 bits per heavy atom. The summed E-state index contributed by atoms with van der Waals surface area (Å²) in [4.78, 5) is 25.6. The van der Waals surface area contributed by atoms with Gasteiger partial charge in [0.2, 0.25) is 0 Å². The number of aromatic nitrogens is 8. The summed E-state index contributed by atoms with van der Waals surface area (Å²) < 4.78 is 0. The molecular weight excluding hydrogens is 376 g/mol. The van der Waals surface area contributed by atoms with Crippen molar-refractivity contribution >= 4 is 22.2 Å². The first-order valence-electron chi connectivity index (χ1n) is 9.38. The van der Waals surface area contributed by atoms with Crippen molar-refractivity contribution in [3.05, 3.63) is 73.4 Å². The molecule has 6 aromatic rings. The predicted octanol–water partition coefficient (Wildman–Crippen LogP) is 4.02. The Balaban J connectivity index is 1.52. The van der Waals surface area contributed by atoms with Crippen LogP contribution in [0.25, 0.3) is 56.1 Å². The molecule has 0 aromatic carbocycles. The fraction of sp³-hybridized carbons (Fsp3) is 0. The van der Waals surface area contributed by atoms with Crippen LogP contribution in [-0.2, 0) is 0 Å². The minimum Gasteiger partial charge on any atom is -0.335 e. The lowest BCUT2D eigenvalue weighted by atomic mass is 10.1. The molecule has 0 aliphatic heterocycles. The molecule has 0 atom stereocenters. The third kappa shape index (κ3) is 2.62. The zero-order valence-corrected chi connectivity index (χ0v) is 15.6. The minimum absolute atomic E-state index is 0.616. The number of nitrogens with one attached hydrogen (secondary N) is 2. The second-order valence-corrected chi connectivity index (χ2v) is 6.79. The van der Waals surface area contributed by atoms with Crippen LogP contribution in [0, 0.1) is 0 Å². The Kier molecular flexibility index (Phi) is 3.60. The number of hydrogen-bond acceptors (Lipinski definition) is 6. The van der Waals surface area contributed by atoms with Gasteiger partial charge in [0.05, 0.1) is 16.6 Å². The lowest BCUT2D eigenvalue weighted by Gasteiger charge is -2.01. The van der Waals surface area contributed by atoms with Crippen LogP contribution in [0.15, 0.2) is 73.4 Å². The highest BCUT2D eigenvalue weighted by atomic mass is 15.2. The van der Waals surface area contributed by atoms with Crippen molar-refractivity contribution in [3.8, 4) is 33.9 Å². The molecule has 6 rings (SSSR count). The Bertz CT molecular complexity index is 1490. The van der Waals surface area contributed by atoms with Gasteiger partial charge in [0.25, 0.3) is 0 Å². The van der Waals surface area contributed by atoms with Gasteiger partial charge in [-0.3, -0.25) is 15.1 Å². The Morgan fingerprint density at radius 2 is 1.77 bits per heavy atom. The number of H-pyrrole nitrogens is 2.